The number of rotatable bonds is 3. The van der Waals surface area contributed by atoms with Crippen LogP contribution in [0.15, 0.2) is 11.5 Å². The Morgan fingerprint density at radius 3 is 2.95 bits per heavy atom. The molecular weight excluding hydrogens is 274 g/mol. The molecule has 0 saturated carbocycles. The SMILES string of the molecule is NC(=O)OCC1=C(OC(=O)O)N2C(=O)[C@H]3NCOC1[C@H]32. The first-order valence-electron chi connectivity index (χ1n) is 5.75. The number of nitrogens with zero attached hydrogens (tertiary/aromatic N) is 1. The van der Waals surface area contributed by atoms with E-state index in [9.17, 15) is 14.4 Å². The zero-order chi connectivity index (χ0) is 14.4. The van der Waals surface area contributed by atoms with Crippen molar-refractivity contribution in [2.75, 3.05) is 13.3 Å². The smallest absolute Gasteiger partial charge is 0.449 e. The summed E-state index contributed by atoms with van der Waals surface area (Å²) < 4.78 is 14.7. The molecule has 0 aromatic carbocycles. The fraction of sp³-hybridized carbons (Fsp3) is 0.500. The van der Waals surface area contributed by atoms with Gasteiger partial charge in [0, 0.05) is 0 Å². The summed E-state index contributed by atoms with van der Waals surface area (Å²) in [7, 11) is 0. The van der Waals surface area contributed by atoms with Gasteiger partial charge in [0.2, 0.25) is 11.8 Å². The summed E-state index contributed by atoms with van der Waals surface area (Å²) >= 11 is 0. The monoisotopic (exact) mass is 285 g/mol. The summed E-state index contributed by atoms with van der Waals surface area (Å²) in [6.07, 6.45) is -3.16. The Bertz CT molecular complexity index is 531. The lowest BCUT2D eigenvalue weighted by Crippen LogP contribution is -2.73. The number of carboxylic acid groups (broad SMARTS) is 1. The fourth-order valence-electron chi connectivity index (χ4n) is 2.66. The van der Waals surface area contributed by atoms with E-state index in [1.807, 2.05) is 0 Å². The van der Waals surface area contributed by atoms with Crippen LogP contribution in [0.5, 0.6) is 0 Å². The minimum atomic E-state index is -1.57. The van der Waals surface area contributed by atoms with Gasteiger partial charge in [-0.2, -0.15) is 0 Å². The first kappa shape index (κ1) is 12.7. The van der Waals surface area contributed by atoms with Crippen LogP contribution in [0.2, 0.25) is 0 Å². The Morgan fingerprint density at radius 2 is 2.30 bits per heavy atom. The molecule has 0 aromatic rings. The van der Waals surface area contributed by atoms with Crippen molar-refractivity contribution >= 4 is 18.2 Å². The molecule has 3 aliphatic rings. The van der Waals surface area contributed by atoms with Crippen LogP contribution in [0.1, 0.15) is 0 Å². The highest BCUT2D eigenvalue weighted by molar-refractivity contribution is 5.93. The van der Waals surface area contributed by atoms with Crippen LogP contribution in [-0.4, -0.2) is 59.7 Å². The maximum Gasteiger partial charge on any atom is 0.512 e. The molecule has 0 aromatic heterocycles. The first-order valence-corrected chi connectivity index (χ1v) is 5.75. The maximum absolute atomic E-state index is 11.9. The van der Waals surface area contributed by atoms with E-state index in [2.05, 4.69) is 14.8 Å². The van der Waals surface area contributed by atoms with Crippen molar-refractivity contribution < 1.29 is 33.7 Å². The van der Waals surface area contributed by atoms with Gasteiger partial charge >= 0.3 is 12.2 Å². The molecule has 3 rings (SSSR count). The standard InChI is InChI=1S/C10H11N3O7/c11-9(15)18-1-3-6-5-4(12-2-19-6)7(14)13(5)8(3)20-10(16)17/h4-6,12H,1-2H2,(H2,11,15)(H,16,17)/t4-,5-,6?/m0/s1. The highest BCUT2D eigenvalue weighted by Crippen LogP contribution is 2.42. The van der Waals surface area contributed by atoms with E-state index in [1.54, 1.807) is 0 Å². The Morgan fingerprint density at radius 1 is 1.55 bits per heavy atom. The van der Waals surface area contributed by atoms with Crippen LogP contribution in [0.25, 0.3) is 0 Å². The zero-order valence-electron chi connectivity index (χ0n) is 10.1. The third-order valence-corrected chi connectivity index (χ3v) is 3.41. The molecule has 3 heterocycles. The van der Waals surface area contributed by atoms with Crippen LogP contribution >= 0.6 is 0 Å². The number of hydrogen-bond acceptors (Lipinski definition) is 7. The molecule has 0 radical (unpaired) electrons. The van der Waals surface area contributed by atoms with Crippen molar-refractivity contribution in [3.05, 3.63) is 11.5 Å². The maximum atomic E-state index is 11.9. The summed E-state index contributed by atoms with van der Waals surface area (Å²) in [5.41, 5.74) is 5.15. The Hall–Kier alpha value is -2.33. The van der Waals surface area contributed by atoms with Gasteiger partial charge in [0.25, 0.3) is 0 Å². The van der Waals surface area contributed by atoms with E-state index in [-0.39, 0.29) is 30.7 Å². The molecular formula is C10H11N3O7. The van der Waals surface area contributed by atoms with Crippen molar-refractivity contribution in [3.63, 3.8) is 0 Å². The summed E-state index contributed by atoms with van der Waals surface area (Å²) in [4.78, 5) is 34.5. The van der Waals surface area contributed by atoms with Crippen LogP contribution in [0.3, 0.4) is 0 Å². The van der Waals surface area contributed by atoms with E-state index >= 15 is 0 Å². The van der Waals surface area contributed by atoms with Gasteiger partial charge in [0.1, 0.15) is 18.8 Å². The second kappa shape index (κ2) is 4.35. The van der Waals surface area contributed by atoms with Crippen molar-refractivity contribution in [1.82, 2.24) is 10.2 Å². The van der Waals surface area contributed by atoms with Crippen molar-refractivity contribution in [2.45, 2.75) is 18.2 Å². The van der Waals surface area contributed by atoms with Gasteiger partial charge in [-0.15, -0.1) is 0 Å². The number of carbonyl (C=O) groups excluding carboxylic acids is 2. The highest BCUT2D eigenvalue weighted by Gasteiger charge is 2.62. The Labute approximate surface area is 112 Å². The fourth-order valence-corrected chi connectivity index (χ4v) is 2.66. The number of β-lactam (4-membered cyclic amide) rings is 1. The number of primary amides is 1. The quantitative estimate of drug-likeness (QED) is 0.421. The number of hydrogen-bond donors (Lipinski definition) is 3. The third kappa shape index (κ3) is 1.69. The second-order valence-electron chi connectivity index (χ2n) is 4.42. The highest BCUT2D eigenvalue weighted by atomic mass is 16.7. The van der Waals surface area contributed by atoms with Gasteiger partial charge < -0.3 is 25.1 Å². The molecule has 108 valence electrons. The van der Waals surface area contributed by atoms with E-state index in [1.165, 1.54) is 4.90 Å². The summed E-state index contributed by atoms with van der Waals surface area (Å²) in [5, 5.41) is 11.6. The van der Waals surface area contributed by atoms with E-state index < -0.39 is 30.4 Å². The van der Waals surface area contributed by atoms with Crippen molar-refractivity contribution in [1.29, 1.82) is 0 Å². The minimum Gasteiger partial charge on any atom is -0.449 e. The van der Waals surface area contributed by atoms with Crippen molar-refractivity contribution in [2.24, 2.45) is 5.73 Å². The van der Waals surface area contributed by atoms with E-state index in [4.69, 9.17) is 15.6 Å². The topological polar surface area (TPSA) is 140 Å². The normalized spacial score (nSPS) is 30.7. The average molecular weight is 285 g/mol. The largest absolute Gasteiger partial charge is 0.512 e. The van der Waals surface area contributed by atoms with Gasteiger partial charge in [-0.3, -0.25) is 15.0 Å². The molecule has 20 heavy (non-hydrogen) atoms. The van der Waals surface area contributed by atoms with Crippen LogP contribution < -0.4 is 11.1 Å². The van der Waals surface area contributed by atoms with Gasteiger partial charge in [-0.05, 0) is 0 Å². The molecule has 10 heteroatoms. The molecule has 4 N–H and O–H groups in total. The van der Waals surface area contributed by atoms with Crippen LogP contribution in [0.4, 0.5) is 9.59 Å². The van der Waals surface area contributed by atoms with E-state index in [0.29, 0.717) is 0 Å². The van der Waals surface area contributed by atoms with Crippen molar-refractivity contribution in [3.8, 4) is 0 Å². The molecule has 0 aliphatic carbocycles. The van der Waals surface area contributed by atoms with Gasteiger partial charge in [0.05, 0.1) is 18.3 Å². The first-order chi connectivity index (χ1) is 9.50. The van der Waals surface area contributed by atoms with Gasteiger partial charge in [0.15, 0.2) is 0 Å². The summed E-state index contributed by atoms with van der Waals surface area (Å²) in [6, 6.07) is -0.843. The molecule has 2 saturated heterocycles. The predicted octanol–water partition coefficient (Wildman–Crippen LogP) is -1.47. The number of carbonyl (C=O) groups is 3. The lowest BCUT2D eigenvalue weighted by Gasteiger charge is -2.47. The second-order valence-corrected chi connectivity index (χ2v) is 4.42. The van der Waals surface area contributed by atoms with Crippen LogP contribution in [0, 0.1) is 0 Å². The number of ether oxygens (including phenoxy) is 3. The zero-order valence-corrected chi connectivity index (χ0v) is 10.1. The molecule has 3 aliphatic heterocycles. The third-order valence-electron chi connectivity index (χ3n) is 3.41. The molecule has 0 spiro atoms. The Kier molecular flexibility index (Phi) is 2.76. The summed E-state index contributed by atoms with van der Waals surface area (Å²) in [5.74, 6) is -0.479. The van der Waals surface area contributed by atoms with Gasteiger partial charge in [-0.1, -0.05) is 0 Å². The molecule has 0 bridgehead atoms. The number of amides is 2. The van der Waals surface area contributed by atoms with Crippen LogP contribution in [-0.2, 0) is 19.0 Å². The van der Waals surface area contributed by atoms with E-state index in [0.717, 1.165) is 0 Å². The number of nitrogens with two attached hydrogens (primary N) is 1. The predicted molar refractivity (Wildman–Crippen MR) is 59.0 cm³/mol. The lowest BCUT2D eigenvalue weighted by atomic mass is 9.91. The minimum absolute atomic E-state index is 0.131. The molecule has 10 nitrogen and oxygen atoms in total. The van der Waals surface area contributed by atoms with Gasteiger partial charge in [-0.25, -0.2) is 9.59 Å². The molecule has 2 fully saturated rings. The molecule has 3 atom stereocenters. The number of nitrogens with one attached hydrogen (secondary N) is 1. The Balaban J connectivity index is 1.91. The molecule has 1 unspecified atom stereocenters. The molecule has 2 amide bonds. The summed E-state index contributed by atoms with van der Waals surface area (Å²) in [6.45, 7) is -0.165. The average Bonchev–Trinajstić information content (AvgIpc) is 2.66. The lowest BCUT2D eigenvalue weighted by molar-refractivity contribution is -0.164.